The largest absolute Gasteiger partial charge is 0.327 e. The summed E-state index contributed by atoms with van der Waals surface area (Å²) in [4.78, 5) is 8.42. The molecule has 0 aliphatic rings. The van der Waals surface area contributed by atoms with Gasteiger partial charge < -0.3 is 5.73 Å². The maximum atomic E-state index is 6.13. The molecule has 0 saturated heterocycles. The Kier molecular flexibility index (Phi) is 3.38. The van der Waals surface area contributed by atoms with Crippen LogP contribution < -0.4 is 5.73 Å². The summed E-state index contributed by atoms with van der Waals surface area (Å²) in [7, 11) is 0. The summed E-state index contributed by atoms with van der Waals surface area (Å²) in [5.74, 6) is 1.26. The van der Waals surface area contributed by atoms with E-state index in [0.717, 1.165) is 24.2 Å². The fourth-order valence-electron chi connectivity index (χ4n) is 2.11. The molecule has 2 N–H and O–H groups in total. The fraction of sp³-hybridized carbons (Fsp3) is 0.583. The van der Waals surface area contributed by atoms with E-state index in [1.807, 2.05) is 13.0 Å². The smallest absolute Gasteiger partial charge is 0.252 e. The molecule has 0 radical (unpaired) electrons. The minimum atomic E-state index is 0.157. The van der Waals surface area contributed by atoms with E-state index in [1.54, 1.807) is 4.52 Å². The molecule has 0 spiro atoms. The number of hydrogen-bond acceptors (Lipinski definition) is 4. The van der Waals surface area contributed by atoms with E-state index in [2.05, 4.69) is 28.9 Å². The van der Waals surface area contributed by atoms with Gasteiger partial charge in [0.25, 0.3) is 5.78 Å². The zero-order chi connectivity index (χ0) is 12.4. The average molecular weight is 233 g/mol. The average Bonchev–Trinajstić information content (AvgIpc) is 2.63. The van der Waals surface area contributed by atoms with E-state index in [-0.39, 0.29) is 6.04 Å². The van der Waals surface area contributed by atoms with Gasteiger partial charge in [0.1, 0.15) is 6.33 Å². The quantitative estimate of drug-likeness (QED) is 0.865. The van der Waals surface area contributed by atoms with E-state index in [4.69, 9.17) is 5.73 Å². The third-order valence-electron chi connectivity index (χ3n) is 2.70. The first-order valence-electron chi connectivity index (χ1n) is 5.98. The molecule has 2 rings (SSSR count). The molecule has 2 heterocycles. The van der Waals surface area contributed by atoms with Gasteiger partial charge >= 0.3 is 0 Å². The second-order valence-corrected chi connectivity index (χ2v) is 4.95. The summed E-state index contributed by atoms with van der Waals surface area (Å²) in [6.07, 6.45) is 3.35. The van der Waals surface area contributed by atoms with Crippen LogP contribution in [0.1, 0.15) is 31.7 Å². The van der Waals surface area contributed by atoms with Crippen LogP contribution in [-0.4, -0.2) is 25.6 Å². The third-order valence-corrected chi connectivity index (χ3v) is 2.70. The normalized spacial score (nSPS) is 13.5. The van der Waals surface area contributed by atoms with Gasteiger partial charge in [-0.1, -0.05) is 13.8 Å². The molecule has 0 aliphatic carbocycles. The third kappa shape index (κ3) is 2.79. The highest BCUT2D eigenvalue weighted by Gasteiger charge is 2.11. The minimum absolute atomic E-state index is 0.157. The first kappa shape index (κ1) is 12.0. The van der Waals surface area contributed by atoms with Gasteiger partial charge in [-0.25, -0.2) is 9.50 Å². The summed E-state index contributed by atoms with van der Waals surface area (Å²) >= 11 is 0. The first-order chi connectivity index (χ1) is 8.06. The van der Waals surface area contributed by atoms with Gasteiger partial charge in [0.2, 0.25) is 0 Å². The first-order valence-corrected chi connectivity index (χ1v) is 5.98. The van der Waals surface area contributed by atoms with E-state index in [0.29, 0.717) is 11.7 Å². The van der Waals surface area contributed by atoms with Crippen LogP contribution in [0.4, 0.5) is 0 Å². The predicted molar refractivity (Wildman–Crippen MR) is 66.7 cm³/mol. The molecule has 17 heavy (non-hydrogen) atoms. The Morgan fingerprint density at radius 1 is 1.41 bits per heavy atom. The lowest BCUT2D eigenvalue weighted by molar-refractivity contribution is 0.487. The van der Waals surface area contributed by atoms with Crippen LogP contribution in [0.25, 0.3) is 5.78 Å². The number of hydrogen-bond donors (Lipinski definition) is 1. The van der Waals surface area contributed by atoms with Crippen LogP contribution in [0.15, 0.2) is 12.4 Å². The Hall–Kier alpha value is -1.49. The van der Waals surface area contributed by atoms with Crippen LogP contribution in [0, 0.1) is 12.8 Å². The van der Waals surface area contributed by atoms with Crippen LogP contribution in [0.3, 0.4) is 0 Å². The molecule has 2 aromatic rings. The highest BCUT2D eigenvalue weighted by atomic mass is 15.3. The van der Waals surface area contributed by atoms with Crippen LogP contribution in [-0.2, 0) is 6.42 Å². The molecule has 0 aliphatic heterocycles. The summed E-state index contributed by atoms with van der Waals surface area (Å²) in [5.41, 5.74) is 8.17. The van der Waals surface area contributed by atoms with Crippen LogP contribution >= 0.6 is 0 Å². The van der Waals surface area contributed by atoms with Gasteiger partial charge in [-0.2, -0.15) is 10.1 Å². The van der Waals surface area contributed by atoms with Gasteiger partial charge in [-0.05, 0) is 25.3 Å². The van der Waals surface area contributed by atoms with Crippen LogP contribution in [0.2, 0.25) is 0 Å². The highest BCUT2D eigenvalue weighted by Crippen LogP contribution is 2.11. The maximum Gasteiger partial charge on any atom is 0.252 e. The van der Waals surface area contributed by atoms with Gasteiger partial charge in [-0.15, -0.1) is 0 Å². The Bertz CT molecular complexity index is 503. The van der Waals surface area contributed by atoms with Crippen molar-refractivity contribution in [3.8, 4) is 0 Å². The Morgan fingerprint density at radius 2 is 2.18 bits per heavy atom. The number of aromatic nitrogens is 4. The molecule has 5 nitrogen and oxygen atoms in total. The van der Waals surface area contributed by atoms with Crippen molar-refractivity contribution in [1.29, 1.82) is 0 Å². The van der Waals surface area contributed by atoms with Gasteiger partial charge in [-0.3, -0.25) is 0 Å². The van der Waals surface area contributed by atoms with Crippen molar-refractivity contribution < 1.29 is 0 Å². The lowest BCUT2D eigenvalue weighted by atomic mass is 10.0. The number of rotatable bonds is 4. The molecule has 0 aromatic carbocycles. The van der Waals surface area contributed by atoms with Crippen molar-refractivity contribution in [2.45, 2.75) is 39.7 Å². The standard InChI is InChI=1S/C12H19N5/c1-8(2)4-10(13)6-11-5-9(3)16-12-14-7-15-17(11)12/h5,7-8,10H,4,6,13H2,1-3H3. The lowest BCUT2D eigenvalue weighted by Crippen LogP contribution is -2.26. The predicted octanol–water partition coefficient (Wildman–Crippen LogP) is 1.35. The van der Waals surface area contributed by atoms with Crippen molar-refractivity contribution in [2.75, 3.05) is 0 Å². The minimum Gasteiger partial charge on any atom is -0.327 e. The number of nitrogens with two attached hydrogens (primary N) is 1. The maximum absolute atomic E-state index is 6.13. The molecule has 92 valence electrons. The number of fused-ring (bicyclic) bond motifs is 1. The van der Waals surface area contributed by atoms with Gasteiger partial charge in [0, 0.05) is 23.9 Å². The van der Waals surface area contributed by atoms with E-state index in [1.165, 1.54) is 6.33 Å². The summed E-state index contributed by atoms with van der Waals surface area (Å²) in [5, 5.41) is 4.18. The summed E-state index contributed by atoms with van der Waals surface area (Å²) in [6.45, 7) is 6.33. The Labute approximate surface area is 101 Å². The van der Waals surface area contributed by atoms with Crippen molar-refractivity contribution >= 4 is 5.78 Å². The molecule has 5 heteroatoms. The van der Waals surface area contributed by atoms with Crippen molar-refractivity contribution in [3.63, 3.8) is 0 Å². The Balaban J connectivity index is 2.25. The topological polar surface area (TPSA) is 69.1 Å². The molecule has 0 amide bonds. The lowest BCUT2D eigenvalue weighted by Gasteiger charge is -2.14. The van der Waals surface area contributed by atoms with Crippen molar-refractivity contribution in [2.24, 2.45) is 11.7 Å². The fourth-order valence-corrected chi connectivity index (χ4v) is 2.11. The van der Waals surface area contributed by atoms with Gasteiger partial charge in [0.05, 0.1) is 0 Å². The molecule has 1 unspecified atom stereocenters. The molecular formula is C12H19N5. The zero-order valence-electron chi connectivity index (χ0n) is 10.6. The van der Waals surface area contributed by atoms with Crippen molar-refractivity contribution in [3.05, 3.63) is 23.8 Å². The van der Waals surface area contributed by atoms with E-state index >= 15 is 0 Å². The monoisotopic (exact) mass is 233 g/mol. The van der Waals surface area contributed by atoms with Crippen molar-refractivity contribution in [1.82, 2.24) is 19.6 Å². The molecule has 0 fully saturated rings. The van der Waals surface area contributed by atoms with E-state index < -0.39 is 0 Å². The summed E-state index contributed by atoms with van der Waals surface area (Å²) in [6, 6.07) is 2.19. The summed E-state index contributed by atoms with van der Waals surface area (Å²) < 4.78 is 1.77. The Morgan fingerprint density at radius 3 is 2.88 bits per heavy atom. The van der Waals surface area contributed by atoms with E-state index in [9.17, 15) is 0 Å². The highest BCUT2D eigenvalue weighted by molar-refractivity contribution is 5.30. The second kappa shape index (κ2) is 4.79. The molecule has 0 saturated carbocycles. The zero-order valence-corrected chi connectivity index (χ0v) is 10.6. The second-order valence-electron chi connectivity index (χ2n) is 4.95. The van der Waals surface area contributed by atoms with Gasteiger partial charge in [0.15, 0.2) is 0 Å². The number of aryl methyl sites for hydroxylation is 1. The molecule has 0 bridgehead atoms. The molecular weight excluding hydrogens is 214 g/mol. The number of nitrogens with zero attached hydrogens (tertiary/aromatic N) is 4. The molecule has 1 atom stereocenters. The SMILES string of the molecule is Cc1cc(CC(N)CC(C)C)n2ncnc2n1. The van der Waals surface area contributed by atoms with Crippen LogP contribution in [0.5, 0.6) is 0 Å². The molecule has 2 aromatic heterocycles.